The Morgan fingerprint density at radius 1 is 1.23 bits per heavy atom. The van der Waals surface area contributed by atoms with Crippen molar-refractivity contribution in [3.8, 4) is 10.6 Å². The Morgan fingerprint density at radius 2 is 2.08 bits per heavy atom. The van der Waals surface area contributed by atoms with Gasteiger partial charge in [-0.3, -0.25) is 4.79 Å². The van der Waals surface area contributed by atoms with Gasteiger partial charge in [0.1, 0.15) is 10.5 Å². The largest absolute Gasteiger partial charge is 0.441 e. The minimum Gasteiger partial charge on any atom is -0.441 e. The third-order valence-corrected chi connectivity index (χ3v) is 5.03. The summed E-state index contributed by atoms with van der Waals surface area (Å²) >= 11 is 7.68. The summed E-state index contributed by atoms with van der Waals surface area (Å²) in [5.41, 5.74) is 3.68. The number of benzene rings is 2. The quantitative estimate of drug-likeness (QED) is 0.532. The van der Waals surface area contributed by atoms with E-state index >= 15 is 0 Å². The highest BCUT2D eigenvalue weighted by Gasteiger charge is 2.12. The van der Waals surface area contributed by atoms with E-state index < -0.39 is 0 Å². The topological polar surface area (TPSA) is 68.0 Å². The lowest BCUT2D eigenvalue weighted by atomic mass is 10.2. The number of carbonyl (C=O) groups is 1. The number of rotatable bonds is 4. The Bertz CT molecular complexity index is 1100. The first kappa shape index (κ1) is 16.8. The van der Waals surface area contributed by atoms with Crippen LogP contribution in [0, 0.1) is 6.92 Å². The summed E-state index contributed by atoms with van der Waals surface area (Å²) in [6.45, 7) is 1.79. The van der Waals surface area contributed by atoms with E-state index in [-0.39, 0.29) is 12.3 Å². The summed E-state index contributed by atoms with van der Waals surface area (Å²) in [4.78, 5) is 21.1. The molecule has 2 heterocycles. The maximum atomic E-state index is 12.3. The molecule has 0 radical (unpaired) electrons. The zero-order valence-electron chi connectivity index (χ0n) is 13.8. The molecule has 4 aromatic rings. The molecule has 2 aromatic heterocycles. The molecule has 0 aliphatic carbocycles. The van der Waals surface area contributed by atoms with E-state index in [1.165, 1.54) is 11.3 Å². The van der Waals surface area contributed by atoms with E-state index in [0.29, 0.717) is 27.9 Å². The van der Waals surface area contributed by atoms with Gasteiger partial charge in [0.25, 0.3) is 0 Å². The van der Waals surface area contributed by atoms with Crippen LogP contribution < -0.4 is 5.32 Å². The van der Waals surface area contributed by atoms with Crippen molar-refractivity contribution in [2.24, 2.45) is 0 Å². The molecule has 130 valence electrons. The molecule has 0 saturated carbocycles. The number of halogens is 1. The third-order valence-electron chi connectivity index (χ3n) is 3.78. The van der Waals surface area contributed by atoms with E-state index in [4.69, 9.17) is 16.0 Å². The molecule has 5 nitrogen and oxygen atoms in total. The van der Waals surface area contributed by atoms with Crippen LogP contribution in [-0.2, 0) is 11.2 Å². The standard InChI is InChI=1S/C19H14ClN3O2S/c1-11-21-16-8-12(6-7-17(16)25-11)22-18(24)9-13-10-26-19(23-13)14-4-2-3-5-15(14)20/h2-8,10H,9H2,1H3,(H,22,24). The Kier molecular flexibility index (Phi) is 4.44. The number of oxazole rings is 1. The minimum atomic E-state index is -0.138. The molecule has 0 saturated heterocycles. The van der Waals surface area contributed by atoms with Crippen LogP contribution in [0.1, 0.15) is 11.6 Å². The first-order valence-electron chi connectivity index (χ1n) is 7.95. The fourth-order valence-electron chi connectivity index (χ4n) is 2.64. The number of nitrogens with zero attached hydrogens (tertiary/aromatic N) is 2. The third kappa shape index (κ3) is 3.47. The molecular weight excluding hydrogens is 370 g/mol. The Balaban J connectivity index is 1.47. The molecule has 26 heavy (non-hydrogen) atoms. The molecule has 0 atom stereocenters. The zero-order chi connectivity index (χ0) is 18.1. The van der Waals surface area contributed by atoms with Gasteiger partial charge in [0, 0.05) is 23.6 Å². The number of aryl methyl sites for hydroxylation is 1. The molecular formula is C19H14ClN3O2S. The molecule has 0 bridgehead atoms. The number of anilines is 1. The van der Waals surface area contributed by atoms with Gasteiger partial charge >= 0.3 is 0 Å². The molecule has 0 fully saturated rings. The minimum absolute atomic E-state index is 0.138. The Hall–Kier alpha value is -2.70. The van der Waals surface area contributed by atoms with E-state index in [1.807, 2.05) is 29.6 Å². The van der Waals surface area contributed by atoms with Crippen LogP contribution in [0.5, 0.6) is 0 Å². The van der Waals surface area contributed by atoms with Crippen molar-refractivity contribution in [3.05, 3.63) is 64.5 Å². The van der Waals surface area contributed by atoms with Crippen molar-refractivity contribution in [1.29, 1.82) is 0 Å². The van der Waals surface area contributed by atoms with Crippen LogP contribution in [0.4, 0.5) is 5.69 Å². The van der Waals surface area contributed by atoms with E-state index in [2.05, 4.69) is 15.3 Å². The van der Waals surface area contributed by atoms with Gasteiger partial charge < -0.3 is 9.73 Å². The van der Waals surface area contributed by atoms with Gasteiger partial charge in [-0.15, -0.1) is 11.3 Å². The summed E-state index contributed by atoms with van der Waals surface area (Å²) in [5.74, 6) is 0.457. The highest BCUT2D eigenvalue weighted by atomic mass is 35.5. The van der Waals surface area contributed by atoms with E-state index in [0.717, 1.165) is 16.1 Å². The fraction of sp³-hybridized carbons (Fsp3) is 0.105. The first-order valence-corrected chi connectivity index (χ1v) is 9.20. The number of aromatic nitrogens is 2. The lowest BCUT2D eigenvalue weighted by Gasteiger charge is -2.03. The fourth-order valence-corrected chi connectivity index (χ4v) is 3.78. The normalized spacial score (nSPS) is 11.0. The predicted octanol–water partition coefficient (Wildman–Crippen LogP) is 5.09. The summed E-state index contributed by atoms with van der Waals surface area (Å²) in [7, 11) is 0. The molecule has 1 N–H and O–H groups in total. The van der Waals surface area contributed by atoms with Gasteiger partial charge in [0.05, 0.1) is 17.1 Å². The first-order chi connectivity index (χ1) is 12.6. The number of hydrogen-bond acceptors (Lipinski definition) is 5. The van der Waals surface area contributed by atoms with Crippen LogP contribution in [0.25, 0.3) is 21.7 Å². The van der Waals surface area contributed by atoms with Crippen LogP contribution in [0.15, 0.2) is 52.3 Å². The van der Waals surface area contributed by atoms with Crippen molar-refractivity contribution >= 4 is 45.6 Å². The van der Waals surface area contributed by atoms with E-state index in [9.17, 15) is 4.79 Å². The highest BCUT2D eigenvalue weighted by Crippen LogP contribution is 2.30. The van der Waals surface area contributed by atoms with Crippen molar-refractivity contribution in [1.82, 2.24) is 9.97 Å². The van der Waals surface area contributed by atoms with E-state index in [1.54, 1.807) is 25.1 Å². The second-order valence-corrected chi connectivity index (χ2v) is 7.03. The van der Waals surface area contributed by atoms with Crippen LogP contribution in [-0.4, -0.2) is 15.9 Å². The summed E-state index contributed by atoms with van der Waals surface area (Å²) in [5, 5.41) is 6.20. The zero-order valence-corrected chi connectivity index (χ0v) is 15.4. The maximum Gasteiger partial charge on any atom is 0.230 e. The number of thiazole rings is 1. The second kappa shape index (κ2) is 6.90. The molecule has 2 aromatic carbocycles. The molecule has 4 rings (SSSR count). The van der Waals surface area contributed by atoms with Gasteiger partial charge in [-0.05, 0) is 24.3 Å². The monoisotopic (exact) mass is 383 g/mol. The van der Waals surface area contributed by atoms with Gasteiger partial charge in [-0.2, -0.15) is 0 Å². The molecule has 0 aliphatic rings. The number of fused-ring (bicyclic) bond motifs is 1. The summed E-state index contributed by atoms with van der Waals surface area (Å²) in [6.07, 6.45) is 0.191. The van der Waals surface area contributed by atoms with Gasteiger partial charge in [-0.1, -0.05) is 29.8 Å². The van der Waals surface area contributed by atoms with Crippen molar-refractivity contribution in [3.63, 3.8) is 0 Å². The number of nitrogens with one attached hydrogen (secondary N) is 1. The van der Waals surface area contributed by atoms with Crippen LogP contribution in [0.3, 0.4) is 0 Å². The van der Waals surface area contributed by atoms with Gasteiger partial charge in [0.2, 0.25) is 5.91 Å². The van der Waals surface area contributed by atoms with Crippen molar-refractivity contribution in [2.75, 3.05) is 5.32 Å². The lowest BCUT2D eigenvalue weighted by molar-refractivity contribution is -0.115. The van der Waals surface area contributed by atoms with Crippen LogP contribution >= 0.6 is 22.9 Å². The maximum absolute atomic E-state index is 12.3. The van der Waals surface area contributed by atoms with Crippen LogP contribution in [0.2, 0.25) is 5.02 Å². The molecule has 0 aliphatic heterocycles. The molecule has 7 heteroatoms. The van der Waals surface area contributed by atoms with Crippen molar-refractivity contribution in [2.45, 2.75) is 13.3 Å². The molecule has 0 spiro atoms. The summed E-state index contributed by atoms with van der Waals surface area (Å²) in [6, 6.07) is 12.9. The smallest absolute Gasteiger partial charge is 0.230 e. The molecule has 0 unspecified atom stereocenters. The molecule has 1 amide bonds. The van der Waals surface area contributed by atoms with Crippen molar-refractivity contribution < 1.29 is 9.21 Å². The van der Waals surface area contributed by atoms with Gasteiger partial charge in [-0.25, -0.2) is 9.97 Å². The number of hydrogen-bond donors (Lipinski definition) is 1. The van der Waals surface area contributed by atoms with Gasteiger partial charge in [0.15, 0.2) is 11.5 Å². The summed E-state index contributed by atoms with van der Waals surface area (Å²) < 4.78 is 5.43. The average Bonchev–Trinajstić information content (AvgIpc) is 3.20. The highest BCUT2D eigenvalue weighted by molar-refractivity contribution is 7.13. The predicted molar refractivity (Wildman–Crippen MR) is 104 cm³/mol. The lowest BCUT2D eigenvalue weighted by Crippen LogP contribution is -2.14. The SMILES string of the molecule is Cc1nc2cc(NC(=O)Cc3csc(-c4ccccc4Cl)n3)ccc2o1. The average molecular weight is 384 g/mol. The number of amides is 1. The second-order valence-electron chi connectivity index (χ2n) is 5.76. The number of carbonyl (C=O) groups excluding carboxylic acids is 1. The Labute approximate surface area is 158 Å². The Morgan fingerprint density at radius 3 is 2.92 bits per heavy atom.